The van der Waals surface area contributed by atoms with Crippen LogP contribution in [0.4, 0.5) is 0 Å². The van der Waals surface area contributed by atoms with E-state index in [1.54, 1.807) is 0 Å². The maximum Gasteiger partial charge on any atom is 0.235 e. The second kappa shape index (κ2) is 5.09. The molecule has 1 unspecified atom stereocenters. The molecular formula is C14H18ClNO. The van der Waals surface area contributed by atoms with Gasteiger partial charge in [-0.2, -0.15) is 0 Å². The third-order valence-corrected chi connectivity index (χ3v) is 3.68. The summed E-state index contributed by atoms with van der Waals surface area (Å²) in [4.78, 5) is 11.5. The Hall–Kier alpha value is -1.02. The molecule has 1 aliphatic rings. The molecule has 1 aromatic rings. The molecule has 0 bridgehead atoms. The van der Waals surface area contributed by atoms with Crippen LogP contribution in [0.15, 0.2) is 30.3 Å². The van der Waals surface area contributed by atoms with Gasteiger partial charge in [0.15, 0.2) is 0 Å². The minimum atomic E-state index is -0.146. The summed E-state index contributed by atoms with van der Waals surface area (Å²) in [6.45, 7) is 2.13. The third kappa shape index (κ3) is 3.22. The zero-order valence-corrected chi connectivity index (χ0v) is 10.8. The van der Waals surface area contributed by atoms with Crippen molar-refractivity contribution < 1.29 is 4.79 Å². The van der Waals surface area contributed by atoms with Gasteiger partial charge in [-0.1, -0.05) is 30.3 Å². The molecule has 0 aliphatic heterocycles. The summed E-state index contributed by atoms with van der Waals surface area (Å²) in [5.41, 5.74) is 1.12. The van der Waals surface area contributed by atoms with Gasteiger partial charge in [-0.3, -0.25) is 4.79 Å². The van der Waals surface area contributed by atoms with Crippen LogP contribution in [0, 0.1) is 5.92 Å². The lowest BCUT2D eigenvalue weighted by atomic mass is 9.88. The van der Waals surface area contributed by atoms with Crippen molar-refractivity contribution in [2.45, 2.75) is 31.7 Å². The van der Waals surface area contributed by atoms with E-state index in [1.807, 2.05) is 18.2 Å². The largest absolute Gasteiger partial charge is 0.349 e. The molecule has 0 aromatic heterocycles. The van der Waals surface area contributed by atoms with Crippen molar-refractivity contribution in [1.29, 1.82) is 0 Å². The molecule has 0 radical (unpaired) electrons. The number of carbonyl (C=O) groups is 1. The van der Waals surface area contributed by atoms with Crippen molar-refractivity contribution in [2.24, 2.45) is 5.92 Å². The summed E-state index contributed by atoms with van der Waals surface area (Å²) in [6, 6.07) is 10.3. The van der Waals surface area contributed by atoms with Gasteiger partial charge in [-0.15, -0.1) is 11.6 Å². The smallest absolute Gasteiger partial charge is 0.235 e. The SMILES string of the molecule is CC(Cc1ccccc1)(NC(=O)CCl)C1CC1. The Labute approximate surface area is 107 Å². The first-order valence-corrected chi connectivity index (χ1v) is 6.58. The highest BCUT2D eigenvalue weighted by Gasteiger charge is 2.42. The van der Waals surface area contributed by atoms with Crippen LogP contribution < -0.4 is 5.32 Å². The third-order valence-electron chi connectivity index (χ3n) is 3.44. The van der Waals surface area contributed by atoms with Gasteiger partial charge in [0.1, 0.15) is 5.88 Å². The van der Waals surface area contributed by atoms with Gasteiger partial charge in [0, 0.05) is 5.54 Å². The van der Waals surface area contributed by atoms with Crippen molar-refractivity contribution >= 4 is 17.5 Å². The molecule has 1 atom stereocenters. The number of carbonyl (C=O) groups excluding carboxylic acids is 1. The quantitative estimate of drug-likeness (QED) is 0.801. The summed E-state index contributed by atoms with van der Waals surface area (Å²) in [5, 5.41) is 3.08. The maximum atomic E-state index is 11.5. The van der Waals surface area contributed by atoms with Crippen LogP contribution in [-0.2, 0) is 11.2 Å². The summed E-state index contributed by atoms with van der Waals surface area (Å²) in [5.74, 6) is 0.559. The fourth-order valence-corrected chi connectivity index (χ4v) is 2.45. The van der Waals surface area contributed by atoms with Gasteiger partial charge in [0.05, 0.1) is 0 Å². The average Bonchev–Trinajstić information content (AvgIpc) is 3.14. The van der Waals surface area contributed by atoms with Gasteiger partial charge >= 0.3 is 0 Å². The predicted molar refractivity (Wildman–Crippen MR) is 70.1 cm³/mol. The highest BCUT2D eigenvalue weighted by atomic mass is 35.5. The molecule has 3 heteroatoms. The number of amides is 1. The summed E-state index contributed by atoms with van der Waals surface area (Å²) >= 11 is 5.57. The summed E-state index contributed by atoms with van der Waals surface area (Å²) < 4.78 is 0. The molecule has 0 heterocycles. The minimum absolute atomic E-state index is 0.0388. The molecule has 0 saturated heterocycles. The van der Waals surface area contributed by atoms with Crippen LogP contribution in [0.3, 0.4) is 0 Å². The second-order valence-electron chi connectivity index (χ2n) is 5.04. The molecule has 1 aromatic carbocycles. The Morgan fingerprint density at radius 3 is 2.59 bits per heavy atom. The second-order valence-corrected chi connectivity index (χ2v) is 5.30. The van der Waals surface area contributed by atoms with Crippen molar-refractivity contribution in [3.8, 4) is 0 Å². The van der Waals surface area contributed by atoms with E-state index in [-0.39, 0.29) is 17.3 Å². The first kappa shape index (κ1) is 12.4. The molecule has 1 fully saturated rings. The van der Waals surface area contributed by atoms with Crippen LogP contribution in [0.5, 0.6) is 0 Å². The number of benzene rings is 1. The number of nitrogens with one attached hydrogen (secondary N) is 1. The maximum absolute atomic E-state index is 11.5. The monoisotopic (exact) mass is 251 g/mol. The van der Waals surface area contributed by atoms with Gasteiger partial charge in [0.25, 0.3) is 0 Å². The number of rotatable bonds is 5. The lowest BCUT2D eigenvalue weighted by Crippen LogP contribution is -2.50. The van der Waals surface area contributed by atoms with Crippen molar-refractivity contribution in [3.63, 3.8) is 0 Å². The number of hydrogen-bond donors (Lipinski definition) is 1. The topological polar surface area (TPSA) is 29.1 Å². The highest BCUT2D eigenvalue weighted by molar-refractivity contribution is 6.27. The van der Waals surface area contributed by atoms with Crippen molar-refractivity contribution in [3.05, 3.63) is 35.9 Å². The van der Waals surface area contributed by atoms with Gasteiger partial charge in [0.2, 0.25) is 5.91 Å². The predicted octanol–water partition coefficient (Wildman–Crippen LogP) is 2.75. The summed E-state index contributed by atoms with van der Waals surface area (Å²) in [7, 11) is 0. The van der Waals surface area contributed by atoms with Crippen molar-refractivity contribution in [1.82, 2.24) is 5.32 Å². The van der Waals surface area contributed by atoms with E-state index in [0.29, 0.717) is 5.92 Å². The number of alkyl halides is 1. The normalized spacial score (nSPS) is 18.5. The average molecular weight is 252 g/mol. The zero-order chi connectivity index (χ0) is 12.3. The zero-order valence-electron chi connectivity index (χ0n) is 10.1. The number of hydrogen-bond acceptors (Lipinski definition) is 1. The van der Waals surface area contributed by atoms with Crippen molar-refractivity contribution in [2.75, 3.05) is 5.88 Å². The van der Waals surface area contributed by atoms with Crippen LogP contribution >= 0.6 is 11.6 Å². The Balaban J connectivity index is 2.09. The fourth-order valence-electron chi connectivity index (χ4n) is 2.38. The molecule has 92 valence electrons. The van der Waals surface area contributed by atoms with Crippen LogP contribution in [0.25, 0.3) is 0 Å². The molecule has 2 nitrogen and oxygen atoms in total. The fraction of sp³-hybridized carbons (Fsp3) is 0.500. The Morgan fingerprint density at radius 1 is 1.41 bits per heavy atom. The lowest BCUT2D eigenvalue weighted by molar-refractivity contribution is -0.120. The van der Waals surface area contributed by atoms with E-state index in [4.69, 9.17) is 11.6 Å². The van der Waals surface area contributed by atoms with E-state index in [2.05, 4.69) is 24.4 Å². The van der Waals surface area contributed by atoms with E-state index in [9.17, 15) is 4.79 Å². The summed E-state index contributed by atoms with van der Waals surface area (Å²) in [6.07, 6.45) is 3.28. The molecule has 17 heavy (non-hydrogen) atoms. The lowest BCUT2D eigenvalue weighted by Gasteiger charge is -2.31. The Kier molecular flexibility index (Phi) is 3.72. The van der Waals surface area contributed by atoms with Crippen LogP contribution in [-0.4, -0.2) is 17.3 Å². The van der Waals surface area contributed by atoms with Crippen LogP contribution in [0.1, 0.15) is 25.3 Å². The Morgan fingerprint density at radius 2 is 2.06 bits per heavy atom. The molecule has 1 aliphatic carbocycles. The van der Waals surface area contributed by atoms with E-state index in [0.717, 1.165) is 6.42 Å². The highest BCUT2D eigenvalue weighted by Crippen LogP contribution is 2.41. The minimum Gasteiger partial charge on any atom is -0.349 e. The van der Waals surface area contributed by atoms with Crippen LogP contribution in [0.2, 0.25) is 0 Å². The van der Waals surface area contributed by atoms with Gasteiger partial charge < -0.3 is 5.32 Å². The van der Waals surface area contributed by atoms with E-state index in [1.165, 1.54) is 18.4 Å². The first-order valence-electron chi connectivity index (χ1n) is 6.05. The number of halogens is 1. The van der Waals surface area contributed by atoms with Gasteiger partial charge in [-0.25, -0.2) is 0 Å². The molecule has 0 spiro atoms. The van der Waals surface area contributed by atoms with E-state index >= 15 is 0 Å². The first-order chi connectivity index (χ1) is 8.14. The molecule has 2 rings (SSSR count). The Bertz CT molecular complexity index is 388. The molecule has 1 amide bonds. The molecular weight excluding hydrogens is 234 g/mol. The molecule has 1 N–H and O–H groups in total. The van der Waals surface area contributed by atoms with E-state index < -0.39 is 0 Å². The standard InChI is InChI=1S/C14H18ClNO/c1-14(12-7-8-12,16-13(17)10-15)9-11-5-3-2-4-6-11/h2-6,12H,7-10H2,1H3,(H,16,17). The molecule has 1 saturated carbocycles. The van der Waals surface area contributed by atoms with Gasteiger partial charge in [-0.05, 0) is 37.7 Å².